The molecule has 0 heterocycles. The molecule has 0 radical (unpaired) electrons. The Labute approximate surface area is 148 Å². The molecule has 0 fully saturated rings. The van der Waals surface area contributed by atoms with E-state index in [1.807, 2.05) is 48.5 Å². The minimum Gasteiger partial charge on any atom is -0.497 e. The Balaban J connectivity index is 1.82. The Bertz CT molecular complexity index is 627. The number of amides is 1. The lowest BCUT2D eigenvalue weighted by Crippen LogP contribution is -2.28. The molecule has 0 aliphatic rings. The molecule has 24 heavy (non-hydrogen) atoms. The summed E-state index contributed by atoms with van der Waals surface area (Å²) in [5, 5.41) is 6.03. The van der Waals surface area contributed by atoms with E-state index < -0.39 is 0 Å². The maximum atomic E-state index is 11.8. The molecule has 2 N–H and O–H groups in total. The van der Waals surface area contributed by atoms with Gasteiger partial charge in [0, 0.05) is 15.5 Å². The molecule has 2 aromatic rings. The molecule has 0 saturated heterocycles. The van der Waals surface area contributed by atoms with E-state index in [2.05, 4.69) is 17.6 Å². The Hall–Kier alpha value is -1.98. The summed E-state index contributed by atoms with van der Waals surface area (Å²) in [4.78, 5) is 14.1. The van der Waals surface area contributed by atoms with E-state index >= 15 is 0 Å². The second-order valence-electron chi connectivity index (χ2n) is 5.38. The summed E-state index contributed by atoms with van der Waals surface area (Å²) in [7, 11) is 1.66. The number of hydrogen-bond acceptors (Lipinski definition) is 4. The molecule has 2 rings (SSSR count). The summed E-state index contributed by atoms with van der Waals surface area (Å²) in [6.07, 6.45) is 2.21. The average molecular weight is 344 g/mol. The first-order valence-corrected chi connectivity index (χ1v) is 8.95. The quantitative estimate of drug-likeness (QED) is 0.670. The highest BCUT2D eigenvalue weighted by Gasteiger charge is 2.03. The molecule has 0 saturated carbocycles. The van der Waals surface area contributed by atoms with Crippen LogP contribution in [-0.4, -0.2) is 26.1 Å². The molecule has 1 amide bonds. The Morgan fingerprint density at radius 3 is 2.25 bits per heavy atom. The van der Waals surface area contributed by atoms with Crippen molar-refractivity contribution in [2.45, 2.75) is 29.6 Å². The lowest BCUT2D eigenvalue weighted by molar-refractivity contribution is -0.115. The molecule has 0 aliphatic heterocycles. The van der Waals surface area contributed by atoms with Crippen molar-refractivity contribution in [1.82, 2.24) is 5.32 Å². The third-order valence-corrected chi connectivity index (χ3v) is 4.44. The van der Waals surface area contributed by atoms with Crippen LogP contribution in [0.15, 0.2) is 58.3 Å². The van der Waals surface area contributed by atoms with Crippen LogP contribution in [0, 0.1) is 0 Å². The molecule has 0 unspecified atom stereocenters. The average Bonchev–Trinajstić information content (AvgIpc) is 2.61. The normalized spacial score (nSPS) is 10.4. The number of ether oxygens (including phenoxy) is 1. The fraction of sp³-hybridized carbons (Fsp3) is 0.316. The van der Waals surface area contributed by atoms with E-state index in [0.717, 1.165) is 40.6 Å². The highest BCUT2D eigenvalue weighted by Crippen LogP contribution is 2.29. The lowest BCUT2D eigenvalue weighted by Gasteiger charge is -2.08. The van der Waals surface area contributed by atoms with E-state index in [1.165, 1.54) is 0 Å². The van der Waals surface area contributed by atoms with Crippen LogP contribution in [0.4, 0.5) is 5.69 Å². The van der Waals surface area contributed by atoms with Crippen LogP contribution in [-0.2, 0) is 4.79 Å². The van der Waals surface area contributed by atoms with E-state index in [4.69, 9.17) is 4.74 Å². The number of carbonyl (C=O) groups excluding carboxylic acids is 1. The zero-order valence-electron chi connectivity index (χ0n) is 14.2. The van der Waals surface area contributed by atoms with Gasteiger partial charge in [0.15, 0.2) is 0 Å². The van der Waals surface area contributed by atoms with Crippen LogP contribution in [0.3, 0.4) is 0 Å². The topological polar surface area (TPSA) is 50.4 Å². The summed E-state index contributed by atoms with van der Waals surface area (Å²) in [6.45, 7) is 3.36. The van der Waals surface area contributed by atoms with Gasteiger partial charge in [0.1, 0.15) is 5.75 Å². The summed E-state index contributed by atoms with van der Waals surface area (Å²) < 4.78 is 5.16. The first kappa shape index (κ1) is 18.4. The first-order chi connectivity index (χ1) is 11.7. The van der Waals surface area contributed by atoms with Gasteiger partial charge in [0.05, 0.1) is 13.7 Å². The third-order valence-electron chi connectivity index (χ3n) is 3.43. The molecular formula is C19H24N2O2S. The first-order valence-electron chi connectivity index (χ1n) is 8.14. The van der Waals surface area contributed by atoms with Gasteiger partial charge in [-0.25, -0.2) is 0 Å². The predicted octanol–water partition coefficient (Wildman–Crippen LogP) is 4.17. The van der Waals surface area contributed by atoms with Gasteiger partial charge in [0.2, 0.25) is 5.91 Å². The van der Waals surface area contributed by atoms with Crippen molar-refractivity contribution in [3.8, 4) is 5.75 Å². The monoisotopic (exact) mass is 344 g/mol. The van der Waals surface area contributed by atoms with E-state index in [0.29, 0.717) is 6.54 Å². The molecule has 128 valence electrons. The number of nitrogens with one attached hydrogen (secondary N) is 2. The maximum Gasteiger partial charge on any atom is 0.238 e. The maximum absolute atomic E-state index is 11.8. The van der Waals surface area contributed by atoms with Gasteiger partial charge >= 0.3 is 0 Å². The van der Waals surface area contributed by atoms with Crippen LogP contribution in [0.5, 0.6) is 5.75 Å². The fourth-order valence-electron chi connectivity index (χ4n) is 2.10. The van der Waals surface area contributed by atoms with E-state index in [-0.39, 0.29) is 5.91 Å². The van der Waals surface area contributed by atoms with Gasteiger partial charge in [0.25, 0.3) is 0 Å². The summed E-state index contributed by atoms with van der Waals surface area (Å²) >= 11 is 1.67. The van der Waals surface area contributed by atoms with Gasteiger partial charge in [-0.2, -0.15) is 0 Å². The number of rotatable bonds is 9. The smallest absolute Gasteiger partial charge is 0.238 e. The van der Waals surface area contributed by atoms with Crippen LogP contribution < -0.4 is 15.4 Å². The number of unbranched alkanes of at least 4 members (excludes halogenated alkanes) is 1. The standard InChI is InChI=1S/C19H24N2O2S/c1-3-4-13-20-14-19(22)21-15-5-9-17(10-6-15)24-18-11-7-16(23-2)8-12-18/h5-12,20H,3-4,13-14H2,1-2H3,(H,21,22). The molecule has 0 aromatic heterocycles. The fourth-order valence-corrected chi connectivity index (χ4v) is 2.91. The van der Waals surface area contributed by atoms with Crippen molar-refractivity contribution in [1.29, 1.82) is 0 Å². The van der Waals surface area contributed by atoms with Crippen molar-refractivity contribution in [2.24, 2.45) is 0 Å². The second kappa shape index (κ2) is 10.0. The summed E-state index contributed by atoms with van der Waals surface area (Å²) in [5.74, 6) is 0.839. The number of benzene rings is 2. The van der Waals surface area contributed by atoms with E-state index in [9.17, 15) is 4.79 Å². The lowest BCUT2D eigenvalue weighted by atomic mass is 10.3. The Morgan fingerprint density at radius 2 is 1.67 bits per heavy atom. The highest BCUT2D eigenvalue weighted by atomic mass is 32.2. The van der Waals surface area contributed by atoms with Crippen molar-refractivity contribution < 1.29 is 9.53 Å². The van der Waals surface area contributed by atoms with Crippen molar-refractivity contribution in [3.63, 3.8) is 0 Å². The van der Waals surface area contributed by atoms with E-state index in [1.54, 1.807) is 18.9 Å². The second-order valence-corrected chi connectivity index (χ2v) is 6.53. The number of anilines is 1. The zero-order chi connectivity index (χ0) is 17.2. The van der Waals surface area contributed by atoms with Crippen molar-refractivity contribution in [3.05, 3.63) is 48.5 Å². The number of methoxy groups -OCH3 is 1. The van der Waals surface area contributed by atoms with Crippen molar-refractivity contribution in [2.75, 3.05) is 25.5 Å². The molecule has 5 heteroatoms. The zero-order valence-corrected chi connectivity index (χ0v) is 15.0. The molecule has 0 atom stereocenters. The van der Waals surface area contributed by atoms with Crippen molar-refractivity contribution >= 4 is 23.4 Å². The molecule has 0 aliphatic carbocycles. The molecule has 0 spiro atoms. The predicted molar refractivity (Wildman–Crippen MR) is 100.0 cm³/mol. The highest BCUT2D eigenvalue weighted by molar-refractivity contribution is 7.99. The van der Waals surface area contributed by atoms with Gasteiger partial charge in [-0.1, -0.05) is 25.1 Å². The third kappa shape index (κ3) is 6.26. The van der Waals surface area contributed by atoms with Gasteiger partial charge in [-0.3, -0.25) is 4.79 Å². The van der Waals surface area contributed by atoms with Crippen LogP contribution in [0.1, 0.15) is 19.8 Å². The van der Waals surface area contributed by atoms with Crippen LogP contribution in [0.2, 0.25) is 0 Å². The van der Waals surface area contributed by atoms with Crippen LogP contribution in [0.25, 0.3) is 0 Å². The minimum atomic E-state index is -0.0124. The molecule has 4 nitrogen and oxygen atoms in total. The minimum absolute atomic E-state index is 0.0124. The molecular weight excluding hydrogens is 320 g/mol. The van der Waals surface area contributed by atoms with Gasteiger partial charge in [-0.05, 0) is 61.5 Å². The largest absolute Gasteiger partial charge is 0.497 e. The summed E-state index contributed by atoms with van der Waals surface area (Å²) in [5.41, 5.74) is 0.816. The molecule has 2 aromatic carbocycles. The Morgan fingerprint density at radius 1 is 1.04 bits per heavy atom. The SMILES string of the molecule is CCCCNCC(=O)Nc1ccc(Sc2ccc(OC)cc2)cc1. The van der Waals surface area contributed by atoms with Gasteiger partial charge in [-0.15, -0.1) is 0 Å². The van der Waals surface area contributed by atoms with Gasteiger partial charge < -0.3 is 15.4 Å². The Kier molecular flexibility index (Phi) is 7.65. The molecule has 0 bridgehead atoms. The number of carbonyl (C=O) groups is 1. The summed E-state index contributed by atoms with van der Waals surface area (Å²) in [6, 6.07) is 15.8. The number of hydrogen-bond donors (Lipinski definition) is 2. The van der Waals surface area contributed by atoms with Crippen LogP contribution >= 0.6 is 11.8 Å².